The molecule has 4 aromatic rings. The molecule has 0 radical (unpaired) electrons. The largest absolute Gasteiger partial charge is 0.484 e. The number of benzene rings is 3. The van der Waals surface area contributed by atoms with Gasteiger partial charge >= 0.3 is 6.18 Å². The van der Waals surface area contributed by atoms with E-state index in [-0.39, 0.29) is 22.5 Å². The molecule has 6 nitrogen and oxygen atoms in total. The molecule has 1 N–H and O–H groups in total. The van der Waals surface area contributed by atoms with Crippen molar-refractivity contribution in [1.82, 2.24) is 0 Å². The summed E-state index contributed by atoms with van der Waals surface area (Å²) in [4.78, 5) is 25.4. The van der Waals surface area contributed by atoms with Crippen molar-refractivity contribution in [3.8, 4) is 17.2 Å². The summed E-state index contributed by atoms with van der Waals surface area (Å²) in [5.74, 6) is -2.79. The number of carbonyl (C=O) groups is 1. The molecule has 192 valence electrons. The van der Waals surface area contributed by atoms with Crippen molar-refractivity contribution in [2.24, 2.45) is 0 Å². The number of hydrogen-bond donors (Lipinski definition) is 1. The number of hydrogen-bond acceptors (Lipinski definition) is 5. The second-order valence-electron chi connectivity index (χ2n) is 8.77. The summed E-state index contributed by atoms with van der Waals surface area (Å²) in [5.41, 5.74) is 2.44. The highest BCUT2D eigenvalue weighted by Crippen LogP contribution is 2.39. The van der Waals surface area contributed by atoms with Crippen molar-refractivity contribution < 1.29 is 31.9 Å². The van der Waals surface area contributed by atoms with Crippen LogP contribution in [0.25, 0.3) is 11.0 Å². The number of halogens is 3. The maximum atomic E-state index is 13.9. The Morgan fingerprint density at radius 3 is 2.30 bits per heavy atom. The molecule has 0 aliphatic rings. The third-order valence-corrected chi connectivity index (χ3v) is 5.67. The minimum absolute atomic E-state index is 0.0584. The van der Waals surface area contributed by atoms with Crippen molar-refractivity contribution in [2.45, 2.75) is 33.9 Å². The molecule has 0 spiro atoms. The highest BCUT2D eigenvalue weighted by Gasteiger charge is 2.40. The zero-order valence-electron chi connectivity index (χ0n) is 20.6. The van der Waals surface area contributed by atoms with Gasteiger partial charge in [0, 0.05) is 11.8 Å². The third-order valence-electron chi connectivity index (χ3n) is 5.67. The van der Waals surface area contributed by atoms with Crippen LogP contribution in [0.3, 0.4) is 0 Å². The van der Waals surface area contributed by atoms with Gasteiger partial charge in [-0.15, -0.1) is 0 Å². The summed E-state index contributed by atoms with van der Waals surface area (Å²) in [7, 11) is 0. The summed E-state index contributed by atoms with van der Waals surface area (Å²) >= 11 is 0. The lowest BCUT2D eigenvalue weighted by molar-refractivity contribution is -0.154. The molecule has 0 fully saturated rings. The van der Waals surface area contributed by atoms with E-state index >= 15 is 0 Å². The molecule has 0 saturated heterocycles. The first-order valence-corrected chi connectivity index (χ1v) is 11.4. The lowest BCUT2D eigenvalue weighted by atomic mass is 10.1. The first-order chi connectivity index (χ1) is 17.4. The Hall–Kier alpha value is -4.27. The number of carbonyl (C=O) groups excluding carboxylic acids is 1. The lowest BCUT2D eigenvalue weighted by Gasteiger charge is -2.15. The van der Waals surface area contributed by atoms with Gasteiger partial charge in [-0.25, -0.2) is 0 Å². The number of nitrogens with one attached hydrogen (secondary N) is 1. The molecule has 0 aliphatic carbocycles. The molecule has 0 saturated carbocycles. The molecule has 1 aromatic heterocycles. The molecule has 0 atom stereocenters. The van der Waals surface area contributed by atoms with Crippen LogP contribution in [-0.4, -0.2) is 12.5 Å². The highest BCUT2D eigenvalue weighted by atomic mass is 19.4. The number of anilines is 1. The van der Waals surface area contributed by atoms with Gasteiger partial charge in [-0.2, -0.15) is 13.2 Å². The van der Waals surface area contributed by atoms with Gasteiger partial charge in [0.15, 0.2) is 6.61 Å². The van der Waals surface area contributed by atoms with Gasteiger partial charge < -0.3 is 19.2 Å². The number of rotatable bonds is 6. The van der Waals surface area contributed by atoms with E-state index in [2.05, 4.69) is 5.32 Å². The zero-order valence-corrected chi connectivity index (χ0v) is 20.6. The average Bonchev–Trinajstić information content (AvgIpc) is 2.83. The summed E-state index contributed by atoms with van der Waals surface area (Å²) < 4.78 is 57.6. The Balaban J connectivity index is 1.63. The van der Waals surface area contributed by atoms with Crippen LogP contribution in [0.15, 0.2) is 63.8 Å². The second-order valence-corrected chi connectivity index (χ2v) is 8.77. The van der Waals surface area contributed by atoms with Gasteiger partial charge in [-0.3, -0.25) is 9.59 Å². The SMILES string of the molecule is Cc1ccc(C)c(NC(=O)COc2ccc3c(=O)c(Oc4cc(C)ccc4C)c(C(F)(F)F)oc3c2)c1. The van der Waals surface area contributed by atoms with E-state index in [9.17, 15) is 22.8 Å². The Morgan fingerprint density at radius 2 is 1.59 bits per heavy atom. The van der Waals surface area contributed by atoms with Gasteiger partial charge in [0.1, 0.15) is 17.1 Å². The van der Waals surface area contributed by atoms with Crippen LogP contribution in [0.2, 0.25) is 0 Å². The fraction of sp³-hybridized carbons (Fsp3) is 0.214. The van der Waals surface area contributed by atoms with Crippen LogP contribution in [0, 0.1) is 27.7 Å². The summed E-state index contributed by atoms with van der Waals surface area (Å²) in [6, 6.07) is 14.4. The summed E-state index contributed by atoms with van der Waals surface area (Å²) in [5, 5.41) is 2.61. The smallest absolute Gasteiger partial charge is 0.453 e. The Morgan fingerprint density at radius 1 is 0.919 bits per heavy atom. The Kier molecular flexibility index (Phi) is 6.98. The van der Waals surface area contributed by atoms with Gasteiger partial charge in [-0.05, 0) is 74.2 Å². The number of fused-ring (bicyclic) bond motifs is 1. The van der Waals surface area contributed by atoms with Gasteiger partial charge in [0.05, 0.1) is 5.39 Å². The predicted octanol–water partition coefficient (Wildman–Crippen LogP) is 6.86. The van der Waals surface area contributed by atoms with Crippen LogP contribution >= 0.6 is 0 Å². The first kappa shape index (κ1) is 25.8. The second kappa shape index (κ2) is 10.0. The minimum atomic E-state index is -5.00. The van der Waals surface area contributed by atoms with E-state index in [4.69, 9.17) is 13.9 Å². The molecular formula is C28H24F3NO5. The van der Waals surface area contributed by atoms with Crippen molar-refractivity contribution >= 4 is 22.6 Å². The third kappa shape index (κ3) is 5.77. The maximum Gasteiger partial charge on any atom is 0.453 e. The van der Waals surface area contributed by atoms with Crippen LogP contribution in [0.4, 0.5) is 18.9 Å². The Bertz CT molecular complexity index is 1560. The topological polar surface area (TPSA) is 77.8 Å². The van der Waals surface area contributed by atoms with E-state index < -0.39 is 35.6 Å². The van der Waals surface area contributed by atoms with Crippen LogP contribution in [0.1, 0.15) is 28.0 Å². The fourth-order valence-electron chi connectivity index (χ4n) is 3.66. The van der Waals surface area contributed by atoms with Crippen LogP contribution < -0.4 is 20.2 Å². The van der Waals surface area contributed by atoms with Crippen molar-refractivity contribution in [2.75, 3.05) is 11.9 Å². The number of amides is 1. The molecule has 0 aliphatic heterocycles. The molecular weight excluding hydrogens is 487 g/mol. The van der Waals surface area contributed by atoms with Gasteiger partial charge in [0.25, 0.3) is 11.7 Å². The molecule has 0 bridgehead atoms. The quantitative estimate of drug-likeness (QED) is 0.306. The van der Waals surface area contributed by atoms with Crippen molar-refractivity contribution in [3.63, 3.8) is 0 Å². The van der Waals surface area contributed by atoms with Gasteiger partial charge in [0.2, 0.25) is 11.2 Å². The number of alkyl halides is 3. The predicted molar refractivity (Wildman–Crippen MR) is 134 cm³/mol. The zero-order chi connectivity index (χ0) is 26.9. The van der Waals surface area contributed by atoms with E-state index in [1.54, 1.807) is 32.0 Å². The maximum absolute atomic E-state index is 13.9. The molecule has 1 heterocycles. The normalized spacial score (nSPS) is 11.4. The Labute approximate surface area is 210 Å². The standard InChI is InChI=1S/C28H24F3NO5/c1-15-5-7-17(3)21(11-15)32-24(33)14-35-19-9-10-20-23(13-19)37-27(28(29,30)31)26(25(20)34)36-22-12-16(2)6-8-18(22)4/h5-13H,14H2,1-4H3,(H,32,33). The van der Waals surface area contributed by atoms with Crippen molar-refractivity contribution in [1.29, 1.82) is 0 Å². The molecule has 4 rings (SSSR count). The highest BCUT2D eigenvalue weighted by molar-refractivity contribution is 5.92. The molecule has 3 aromatic carbocycles. The average molecular weight is 511 g/mol. The summed E-state index contributed by atoms with van der Waals surface area (Å²) in [6.07, 6.45) is -5.00. The van der Waals surface area contributed by atoms with Crippen LogP contribution in [-0.2, 0) is 11.0 Å². The summed E-state index contributed by atoms with van der Waals surface area (Å²) in [6.45, 7) is 6.75. The van der Waals surface area contributed by atoms with Crippen molar-refractivity contribution in [3.05, 3.63) is 92.8 Å². The van der Waals surface area contributed by atoms with Crippen LogP contribution in [0.5, 0.6) is 17.2 Å². The minimum Gasteiger partial charge on any atom is -0.484 e. The number of aryl methyl sites for hydroxylation is 4. The number of ether oxygens (including phenoxy) is 2. The molecule has 1 amide bonds. The fourth-order valence-corrected chi connectivity index (χ4v) is 3.66. The lowest BCUT2D eigenvalue weighted by Crippen LogP contribution is -2.20. The van der Waals surface area contributed by atoms with E-state index in [0.29, 0.717) is 11.3 Å². The molecule has 9 heteroatoms. The van der Waals surface area contributed by atoms with E-state index in [0.717, 1.165) is 22.8 Å². The molecule has 0 unspecified atom stereocenters. The van der Waals surface area contributed by atoms with E-state index in [1.165, 1.54) is 12.1 Å². The van der Waals surface area contributed by atoms with E-state index in [1.807, 2.05) is 32.0 Å². The molecule has 37 heavy (non-hydrogen) atoms. The van der Waals surface area contributed by atoms with Gasteiger partial charge in [-0.1, -0.05) is 24.3 Å². The monoisotopic (exact) mass is 511 g/mol. The first-order valence-electron chi connectivity index (χ1n) is 11.4.